The minimum Gasteiger partial charge on any atom is -0.444 e. The first kappa shape index (κ1) is 17.7. The van der Waals surface area contributed by atoms with E-state index in [0.717, 1.165) is 35.6 Å². The van der Waals surface area contributed by atoms with Crippen LogP contribution in [0.25, 0.3) is 11.5 Å². The topological polar surface area (TPSA) is 67.2 Å². The number of benzene rings is 1. The fourth-order valence-electron chi connectivity index (χ4n) is 3.44. The van der Waals surface area contributed by atoms with Crippen molar-refractivity contribution in [1.29, 1.82) is 0 Å². The lowest BCUT2D eigenvalue weighted by Gasteiger charge is -2.28. The van der Waals surface area contributed by atoms with Crippen LogP contribution in [0.3, 0.4) is 0 Å². The van der Waals surface area contributed by atoms with Gasteiger partial charge in [0.1, 0.15) is 6.26 Å². The van der Waals surface area contributed by atoms with Crippen LogP contribution in [0.2, 0.25) is 0 Å². The standard InChI is InChI=1S/C20H27N3O2/c1-13-6-7-17(10-18(13)20-22-15(3)12-25-20)23-19(24)9-14(2)16-5-4-8-21-11-16/h6-7,10,12,14,16,21H,4-5,8-9,11H2,1-3H3,(H,23,24). The molecule has 0 saturated carbocycles. The number of nitrogens with one attached hydrogen (secondary N) is 2. The van der Waals surface area contributed by atoms with Crippen molar-refractivity contribution in [1.82, 2.24) is 10.3 Å². The van der Waals surface area contributed by atoms with Crippen molar-refractivity contribution >= 4 is 11.6 Å². The predicted octanol–water partition coefficient (Wildman–Crippen LogP) is 3.92. The fourth-order valence-corrected chi connectivity index (χ4v) is 3.44. The highest BCUT2D eigenvalue weighted by molar-refractivity contribution is 5.91. The highest BCUT2D eigenvalue weighted by atomic mass is 16.3. The lowest BCUT2D eigenvalue weighted by molar-refractivity contribution is -0.117. The van der Waals surface area contributed by atoms with Gasteiger partial charge in [0, 0.05) is 17.7 Å². The van der Waals surface area contributed by atoms with Gasteiger partial charge in [-0.3, -0.25) is 4.79 Å². The molecule has 1 amide bonds. The summed E-state index contributed by atoms with van der Waals surface area (Å²) in [6.45, 7) is 8.20. The molecular formula is C20H27N3O2. The maximum atomic E-state index is 12.4. The van der Waals surface area contributed by atoms with Gasteiger partial charge in [0.25, 0.3) is 0 Å². The second-order valence-corrected chi connectivity index (χ2v) is 7.16. The number of carbonyl (C=O) groups is 1. The number of hydrogen-bond donors (Lipinski definition) is 2. The summed E-state index contributed by atoms with van der Waals surface area (Å²) in [5.74, 6) is 1.62. The highest BCUT2D eigenvalue weighted by Crippen LogP contribution is 2.27. The minimum absolute atomic E-state index is 0.0662. The van der Waals surface area contributed by atoms with Crippen molar-refractivity contribution in [2.24, 2.45) is 11.8 Å². The summed E-state index contributed by atoms with van der Waals surface area (Å²) in [6.07, 6.45) is 4.60. The van der Waals surface area contributed by atoms with Gasteiger partial charge in [0.15, 0.2) is 0 Å². The summed E-state index contributed by atoms with van der Waals surface area (Å²) in [7, 11) is 0. The molecule has 1 aliphatic rings. The van der Waals surface area contributed by atoms with Gasteiger partial charge >= 0.3 is 0 Å². The molecular weight excluding hydrogens is 314 g/mol. The van der Waals surface area contributed by atoms with Gasteiger partial charge in [-0.2, -0.15) is 0 Å². The number of nitrogens with zero attached hydrogens (tertiary/aromatic N) is 1. The molecule has 2 atom stereocenters. The maximum absolute atomic E-state index is 12.4. The van der Waals surface area contributed by atoms with Crippen LogP contribution in [-0.4, -0.2) is 24.0 Å². The molecule has 0 aliphatic carbocycles. The molecule has 1 aromatic heterocycles. The van der Waals surface area contributed by atoms with Crippen molar-refractivity contribution in [2.45, 2.75) is 40.0 Å². The monoisotopic (exact) mass is 341 g/mol. The Labute approximate surface area is 149 Å². The Bertz CT molecular complexity index is 732. The second-order valence-electron chi connectivity index (χ2n) is 7.16. The molecule has 2 aromatic rings. The molecule has 1 aliphatic heterocycles. The van der Waals surface area contributed by atoms with E-state index >= 15 is 0 Å². The van der Waals surface area contributed by atoms with Crippen LogP contribution >= 0.6 is 0 Å². The molecule has 25 heavy (non-hydrogen) atoms. The van der Waals surface area contributed by atoms with Crippen LogP contribution < -0.4 is 10.6 Å². The Morgan fingerprint density at radius 2 is 2.28 bits per heavy atom. The first-order valence-corrected chi connectivity index (χ1v) is 9.06. The number of aromatic nitrogens is 1. The van der Waals surface area contributed by atoms with E-state index in [1.54, 1.807) is 6.26 Å². The fraction of sp³-hybridized carbons (Fsp3) is 0.500. The molecule has 0 spiro atoms. The van der Waals surface area contributed by atoms with Gasteiger partial charge < -0.3 is 15.1 Å². The summed E-state index contributed by atoms with van der Waals surface area (Å²) in [5, 5.41) is 6.45. The summed E-state index contributed by atoms with van der Waals surface area (Å²) in [5.41, 5.74) is 3.62. The molecule has 134 valence electrons. The number of amides is 1. The van der Waals surface area contributed by atoms with E-state index in [-0.39, 0.29) is 5.91 Å². The molecule has 3 rings (SSSR count). The van der Waals surface area contributed by atoms with Gasteiger partial charge in [0.2, 0.25) is 11.8 Å². The summed E-state index contributed by atoms with van der Waals surface area (Å²) in [4.78, 5) is 16.8. The van der Waals surface area contributed by atoms with Gasteiger partial charge in [0.05, 0.1) is 5.69 Å². The van der Waals surface area contributed by atoms with Crippen LogP contribution in [0.15, 0.2) is 28.9 Å². The molecule has 2 N–H and O–H groups in total. The van der Waals surface area contributed by atoms with E-state index in [1.807, 2.05) is 32.0 Å². The molecule has 5 heteroatoms. The SMILES string of the molecule is Cc1coc(-c2cc(NC(=O)CC(C)C3CCCNC3)ccc2C)n1. The van der Waals surface area contributed by atoms with Crippen molar-refractivity contribution in [3.05, 3.63) is 35.7 Å². The average molecular weight is 341 g/mol. The van der Waals surface area contributed by atoms with Crippen LogP contribution in [0.1, 0.15) is 37.4 Å². The van der Waals surface area contributed by atoms with E-state index in [0.29, 0.717) is 24.1 Å². The summed E-state index contributed by atoms with van der Waals surface area (Å²) >= 11 is 0. The number of oxazole rings is 1. The zero-order chi connectivity index (χ0) is 17.8. The molecule has 0 radical (unpaired) electrons. The zero-order valence-corrected chi connectivity index (χ0v) is 15.3. The normalized spacial score (nSPS) is 18.8. The smallest absolute Gasteiger partial charge is 0.226 e. The predicted molar refractivity (Wildman–Crippen MR) is 99.4 cm³/mol. The van der Waals surface area contributed by atoms with Gasteiger partial charge in [-0.15, -0.1) is 0 Å². The third-order valence-electron chi connectivity index (χ3n) is 5.02. The van der Waals surface area contributed by atoms with Crippen molar-refractivity contribution in [2.75, 3.05) is 18.4 Å². The summed E-state index contributed by atoms with van der Waals surface area (Å²) < 4.78 is 5.50. The first-order chi connectivity index (χ1) is 12.0. The molecule has 5 nitrogen and oxygen atoms in total. The third kappa shape index (κ3) is 4.48. The Morgan fingerprint density at radius 3 is 2.96 bits per heavy atom. The van der Waals surface area contributed by atoms with E-state index in [1.165, 1.54) is 12.8 Å². The highest BCUT2D eigenvalue weighted by Gasteiger charge is 2.22. The van der Waals surface area contributed by atoms with Gasteiger partial charge in [-0.05, 0) is 69.3 Å². The van der Waals surface area contributed by atoms with E-state index in [2.05, 4.69) is 22.5 Å². The largest absolute Gasteiger partial charge is 0.444 e. The van der Waals surface area contributed by atoms with Crippen molar-refractivity contribution in [3.63, 3.8) is 0 Å². The Balaban J connectivity index is 1.65. The van der Waals surface area contributed by atoms with E-state index in [4.69, 9.17) is 4.42 Å². The Morgan fingerprint density at radius 1 is 1.44 bits per heavy atom. The maximum Gasteiger partial charge on any atom is 0.226 e. The number of carbonyl (C=O) groups excluding carboxylic acids is 1. The average Bonchev–Trinajstić information content (AvgIpc) is 3.03. The molecule has 1 aromatic carbocycles. The van der Waals surface area contributed by atoms with Crippen LogP contribution in [-0.2, 0) is 4.79 Å². The second kappa shape index (κ2) is 7.83. The number of rotatable bonds is 5. The third-order valence-corrected chi connectivity index (χ3v) is 5.02. The number of anilines is 1. The number of piperidine rings is 1. The molecule has 2 unspecified atom stereocenters. The van der Waals surface area contributed by atoms with E-state index in [9.17, 15) is 4.79 Å². The summed E-state index contributed by atoms with van der Waals surface area (Å²) in [6, 6.07) is 5.85. The zero-order valence-electron chi connectivity index (χ0n) is 15.3. The Hall–Kier alpha value is -2.14. The quantitative estimate of drug-likeness (QED) is 0.865. The molecule has 0 bridgehead atoms. The van der Waals surface area contributed by atoms with Gasteiger partial charge in [-0.1, -0.05) is 13.0 Å². The van der Waals surface area contributed by atoms with Crippen molar-refractivity contribution < 1.29 is 9.21 Å². The molecule has 2 heterocycles. The first-order valence-electron chi connectivity index (χ1n) is 9.06. The number of hydrogen-bond acceptors (Lipinski definition) is 4. The van der Waals surface area contributed by atoms with Gasteiger partial charge in [-0.25, -0.2) is 4.98 Å². The van der Waals surface area contributed by atoms with Crippen LogP contribution in [0, 0.1) is 25.7 Å². The van der Waals surface area contributed by atoms with Crippen LogP contribution in [0.5, 0.6) is 0 Å². The number of aryl methyl sites for hydroxylation is 2. The molecule has 1 fully saturated rings. The lowest BCUT2D eigenvalue weighted by Crippen LogP contribution is -2.34. The molecule has 1 saturated heterocycles. The van der Waals surface area contributed by atoms with E-state index < -0.39 is 0 Å². The minimum atomic E-state index is 0.0662. The van der Waals surface area contributed by atoms with Crippen LogP contribution in [0.4, 0.5) is 5.69 Å². The van der Waals surface area contributed by atoms with Crippen molar-refractivity contribution in [3.8, 4) is 11.5 Å². The lowest BCUT2D eigenvalue weighted by atomic mass is 9.85. The Kier molecular flexibility index (Phi) is 5.53.